The quantitative estimate of drug-likeness (QED) is 0.239. The van der Waals surface area contributed by atoms with Gasteiger partial charge in [0.1, 0.15) is 5.82 Å². The minimum Gasteiger partial charge on any atom is -0.206 e. The summed E-state index contributed by atoms with van der Waals surface area (Å²) >= 11 is 0. The number of rotatable bonds is 7. The normalized spacial score (nSPS) is 11.2. The Balaban J connectivity index is 2.10. The zero-order chi connectivity index (χ0) is 17.5. The SMILES string of the molecule is C=CCCC=CCCc1ccc(-c2cc(F)c(F)c(F)c2)c(F)c1. The number of unbranched alkanes of at least 4 members (excludes halogenated alkanes) is 1. The van der Waals surface area contributed by atoms with E-state index < -0.39 is 23.3 Å². The van der Waals surface area contributed by atoms with E-state index >= 15 is 0 Å². The van der Waals surface area contributed by atoms with Crippen molar-refractivity contribution in [3.8, 4) is 11.1 Å². The van der Waals surface area contributed by atoms with E-state index in [1.165, 1.54) is 12.1 Å². The number of aryl methyl sites for hydroxylation is 1. The zero-order valence-electron chi connectivity index (χ0n) is 13.2. The second kappa shape index (κ2) is 8.48. The highest BCUT2D eigenvalue weighted by Crippen LogP contribution is 2.27. The molecule has 0 fully saturated rings. The molecule has 0 heterocycles. The summed E-state index contributed by atoms with van der Waals surface area (Å²) in [6, 6.07) is 6.08. The van der Waals surface area contributed by atoms with E-state index in [2.05, 4.69) is 12.7 Å². The molecule has 0 aliphatic rings. The van der Waals surface area contributed by atoms with E-state index in [1.807, 2.05) is 12.2 Å². The van der Waals surface area contributed by atoms with Crippen LogP contribution in [0.15, 0.2) is 55.1 Å². The second-order valence-corrected chi connectivity index (χ2v) is 5.44. The Bertz CT molecular complexity index is 724. The van der Waals surface area contributed by atoms with Crippen molar-refractivity contribution in [1.82, 2.24) is 0 Å². The summed E-state index contributed by atoms with van der Waals surface area (Å²) in [5.41, 5.74) is 0.797. The molecule has 0 amide bonds. The largest absolute Gasteiger partial charge is 0.206 e. The number of halogens is 4. The third-order valence-corrected chi connectivity index (χ3v) is 3.63. The van der Waals surface area contributed by atoms with Crippen LogP contribution in [0.2, 0.25) is 0 Å². The van der Waals surface area contributed by atoms with Gasteiger partial charge in [0, 0.05) is 5.56 Å². The van der Waals surface area contributed by atoms with Gasteiger partial charge in [0.05, 0.1) is 0 Å². The summed E-state index contributed by atoms with van der Waals surface area (Å²) in [5.74, 6) is -4.82. The highest BCUT2D eigenvalue weighted by molar-refractivity contribution is 5.64. The molecule has 126 valence electrons. The fourth-order valence-corrected chi connectivity index (χ4v) is 2.36. The van der Waals surface area contributed by atoms with Gasteiger partial charge >= 0.3 is 0 Å². The summed E-state index contributed by atoms with van der Waals surface area (Å²) in [5, 5.41) is 0. The Kier molecular flexibility index (Phi) is 6.36. The molecule has 0 nitrogen and oxygen atoms in total. The first-order chi connectivity index (χ1) is 11.5. The molecule has 4 heteroatoms. The van der Waals surface area contributed by atoms with Crippen molar-refractivity contribution >= 4 is 0 Å². The molecule has 24 heavy (non-hydrogen) atoms. The number of allylic oxidation sites excluding steroid dienone is 3. The lowest BCUT2D eigenvalue weighted by atomic mass is 10.0. The van der Waals surface area contributed by atoms with Crippen molar-refractivity contribution in [3.63, 3.8) is 0 Å². The van der Waals surface area contributed by atoms with Crippen LogP contribution >= 0.6 is 0 Å². The van der Waals surface area contributed by atoms with Crippen LogP contribution in [0.1, 0.15) is 24.8 Å². The predicted molar refractivity (Wildman–Crippen MR) is 88.6 cm³/mol. The van der Waals surface area contributed by atoms with Crippen LogP contribution in [-0.4, -0.2) is 0 Å². The average molecular weight is 334 g/mol. The molecule has 0 radical (unpaired) electrons. The number of hydrogen-bond donors (Lipinski definition) is 0. The maximum Gasteiger partial charge on any atom is 0.194 e. The molecule has 0 atom stereocenters. The molecule has 2 aromatic rings. The third-order valence-electron chi connectivity index (χ3n) is 3.63. The Morgan fingerprint density at radius 2 is 1.46 bits per heavy atom. The fourth-order valence-electron chi connectivity index (χ4n) is 2.36. The minimum absolute atomic E-state index is 0.0280. The predicted octanol–water partition coefficient (Wildman–Crippen LogP) is 6.37. The van der Waals surface area contributed by atoms with Gasteiger partial charge in [-0.15, -0.1) is 6.58 Å². The summed E-state index contributed by atoms with van der Waals surface area (Å²) < 4.78 is 53.8. The first kappa shape index (κ1) is 18.0. The van der Waals surface area contributed by atoms with Gasteiger partial charge in [-0.3, -0.25) is 0 Å². The molecular weight excluding hydrogens is 316 g/mol. The van der Waals surface area contributed by atoms with Gasteiger partial charge in [-0.25, -0.2) is 17.6 Å². The van der Waals surface area contributed by atoms with E-state index in [1.54, 1.807) is 6.07 Å². The molecule has 0 aromatic heterocycles. The van der Waals surface area contributed by atoms with Crippen molar-refractivity contribution in [2.45, 2.75) is 25.7 Å². The first-order valence-corrected chi connectivity index (χ1v) is 7.72. The van der Waals surface area contributed by atoms with E-state index in [0.717, 1.165) is 37.0 Å². The van der Waals surface area contributed by atoms with Crippen LogP contribution in [-0.2, 0) is 6.42 Å². The molecule has 0 aliphatic heterocycles. The topological polar surface area (TPSA) is 0 Å². The van der Waals surface area contributed by atoms with Gasteiger partial charge in [0.2, 0.25) is 0 Å². The smallest absolute Gasteiger partial charge is 0.194 e. The summed E-state index contributed by atoms with van der Waals surface area (Å²) in [7, 11) is 0. The zero-order valence-corrected chi connectivity index (χ0v) is 13.2. The molecule has 0 aliphatic carbocycles. The Morgan fingerprint density at radius 1 is 0.792 bits per heavy atom. The molecule has 0 saturated heterocycles. The Morgan fingerprint density at radius 3 is 2.08 bits per heavy atom. The summed E-state index contributed by atoms with van der Waals surface area (Å²) in [6.45, 7) is 3.64. The highest BCUT2D eigenvalue weighted by Gasteiger charge is 2.14. The van der Waals surface area contributed by atoms with Crippen molar-refractivity contribution < 1.29 is 17.6 Å². The van der Waals surface area contributed by atoms with E-state index in [4.69, 9.17) is 0 Å². The molecule has 0 saturated carbocycles. The van der Waals surface area contributed by atoms with Crippen LogP contribution in [0.4, 0.5) is 17.6 Å². The number of benzene rings is 2. The van der Waals surface area contributed by atoms with E-state index in [9.17, 15) is 17.6 Å². The first-order valence-electron chi connectivity index (χ1n) is 7.72. The van der Waals surface area contributed by atoms with E-state index in [0.29, 0.717) is 6.42 Å². The average Bonchev–Trinajstić information content (AvgIpc) is 2.55. The molecule has 0 unspecified atom stereocenters. The maximum absolute atomic E-state index is 14.2. The minimum atomic E-state index is -1.56. The van der Waals surface area contributed by atoms with Gasteiger partial charge in [-0.2, -0.15) is 0 Å². The van der Waals surface area contributed by atoms with Crippen LogP contribution in [0, 0.1) is 23.3 Å². The standard InChI is InChI=1S/C20H18F4/c1-2-3-4-5-6-7-8-14-9-10-16(17(21)11-14)15-12-18(22)20(24)19(23)13-15/h2,5-6,9-13H,1,3-4,7-8H2. The van der Waals surface area contributed by atoms with Crippen molar-refractivity contribution in [2.75, 3.05) is 0 Å². The maximum atomic E-state index is 14.2. The van der Waals surface area contributed by atoms with Crippen molar-refractivity contribution in [2.24, 2.45) is 0 Å². The monoisotopic (exact) mass is 334 g/mol. The summed E-state index contributed by atoms with van der Waals surface area (Å²) in [6.07, 6.45) is 9.21. The van der Waals surface area contributed by atoms with Gasteiger partial charge in [0.25, 0.3) is 0 Å². The van der Waals surface area contributed by atoms with Gasteiger partial charge in [-0.05, 0) is 55.0 Å². The van der Waals surface area contributed by atoms with E-state index in [-0.39, 0.29) is 11.1 Å². The highest BCUT2D eigenvalue weighted by atomic mass is 19.2. The Hall–Kier alpha value is -2.36. The van der Waals surface area contributed by atoms with Gasteiger partial charge < -0.3 is 0 Å². The molecule has 2 aromatic carbocycles. The lowest BCUT2D eigenvalue weighted by Gasteiger charge is -2.07. The van der Waals surface area contributed by atoms with Crippen LogP contribution in [0.25, 0.3) is 11.1 Å². The third kappa shape index (κ3) is 4.57. The Labute approximate surface area is 139 Å². The van der Waals surface area contributed by atoms with Crippen LogP contribution in [0.5, 0.6) is 0 Å². The van der Waals surface area contributed by atoms with Crippen LogP contribution < -0.4 is 0 Å². The van der Waals surface area contributed by atoms with Gasteiger partial charge in [-0.1, -0.05) is 30.4 Å². The number of hydrogen-bond acceptors (Lipinski definition) is 0. The lowest BCUT2D eigenvalue weighted by molar-refractivity contribution is 0.447. The van der Waals surface area contributed by atoms with Crippen LogP contribution in [0.3, 0.4) is 0 Å². The van der Waals surface area contributed by atoms with Crippen molar-refractivity contribution in [3.05, 3.63) is 84.0 Å². The molecule has 0 N–H and O–H groups in total. The fraction of sp³-hybridized carbons (Fsp3) is 0.200. The molecule has 0 spiro atoms. The molecule has 0 bridgehead atoms. The lowest BCUT2D eigenvalue weighted by Crippen LogP contribution is -1.94. The van der Waals surface area contributed by atoms with Gasteiger partial charge in [0.15, 0.2) is 17.5 Å². The summed E-state index contributed by atoms with van der Waals surface area (Å²) in [4.78, 5) is 0. The van der Waals surface area contributed by atoms with Crippen molar-refractivity contribution in [1.29, 1.82) is 0 Å². The second-order valence-electron chi connectivity index (χ2n) is 5.44. The molecular formula is C20H18F4. The molecule has 2 rings (SSSR count).